The number of nitrogens with zero attached hydrogens (tertiary/aromatic N) is 2. The van der Waals surface area contributed by atoms with Crippen LogP contribution >= 0.6 is 23.9 Å². The minimum Gasteiger partial charge on any atom is -0.292 e. The van der Waals surface area contributed by atoms with Crippen molar-refractivity contribution in [2.24, 2.45) is 8.80 Å². The smallest absolute Gasteiger partial charge is 0.186 e. The van der Waals surface area contributed by atoms with Crippen LogP contribution in [0.4, 0.5) is 0 Å². The molecular weight excluding hydrogens is 196 g/mol. The highest BCUT2D eigenvalue weighted by Gasteiger charge is 2.01. The maximum Gasteiger partial charge on any atom is 0.186 e. The molecule has 0 saturated carbocycles. The minimum atomic E-state index is 0.125. The number of carbonyl (C=O) groups is 2. The second kappa shape index (κ2) is 5.10. The predicted molar refractivity (Wildman–Crippen MR) is 51.9 cm³/mol. The predicted octanol–water partition coefficient (Wildman–Crippen LogP) is 0.576. The Labute approximate surface area is 78.2 Å². The Balaban J connectivity index is 0.000000120. The van der Waals surface area contributed by atoms with Crippen LogP contribution in [0.3, 0.4) is 0 Å². The van der Waals surface area contributed by atoms with E-state index in [0.29, 0.717) is 11.5 Å². The molecule has 0 saturated heterocycles. The van der Waals surface area contributed by atoms with E-state index in [0.717, 1.165) is 0 Å². The van der Waals surface area contributed by atoms with Gasteiger partial charge in [-0.15, -0.1) is 0 Å². The molecule has 4 nitrogen and oxygen atoms in total. The summed E-state index contributed by atoms with van der Waals surface area (Å²) in [5.74, 6) is 1.33. The quantitative estimate of drug-likeness (QED) is 0.539. The third-order valence-corrected chi connectivity index (χ3v) is 2.29. The van der Waals surface area contributed by atoms with Crippen LogP contribution in [0.1, 0.15) is 0 Å². The van der Waals surface area contributed by atoms with Gasteiger partial charge in [-0.25, -0.2) is 8.80 Å². The highest BCUT2D eigenvalue weighted by molar-refractivity contribution is 7.99. The fourth-order valence-corrected chi connectivity index (χ4v) is 1.41. The van der Waals surface area contributed by atoms with E-state index in [1.54, 1.807) is 0 Å². The Hall–Kier alpha value is -0.620. The molecule has 0 aromatic carbocycles. The van der Waals surface area contributed by atoms with E-state index in [1.165, 1.54) is 36.3 Å². The van der Waals surface area contributed by atoms with E-state index in [1.807, 2.05) is 0 Å². The molecule has 0 radical (unpaired) electrons. The maximum atomic E-state index is 10.1. The van der Waals surface area contributed by atoms with Gasteiger partial charge in [0, 0.05) is 0 Å². The minimum absolute atomic E-state index is 0.125. The first-order valence-corrected chi connectivity index (χ1v) is 5.04. The Morgan fingerprint density at radius 1 is 1.00 bits per heavy atom. The molecule has 0 atom stereocenters. The second-order valence-electron chi connectivity index (χ2n) is 1.95. The lowest BCUT2D eigenvalue weighted by molar-refractivity contribution is -0.111. The molecule has 64 valence electrons. The molecule has 0 unspecified atom stereocenters. The zero-order chi connectivity index (χ0) is 8.81. The SMILES string of the molecule is O=C1C=NSC1.O=C1C=NSC1. The number of hydrogen-bond donors (Lipinski definition) is 0. The summed E-state index contributed by atoms with van der Waals surface area (Å²) in [6, 6.07) is 0. The molecule has 2 aliphatic rings. The van der Waals surface area contributed by atoms with Crippen molar-refractivity contribution in [1.29, 1.82) is 0 Å². The summed E-state index contributed by atoms with van der Waals surface area (Å²) >= 11 is 2.60. The molecule has 0 aliphatic carbocycles. The van der Waals surface area contributed by atoms with E-state index in [9.17, 15) is 9.59 Å². The lowest BCUT2D eigenvalue weighted by Crippen LogP contribution is -1.93. The Kier molecular flexibility index (Phi) is 4.02. The van der Waals surface area contributed by atoms with Gasteiger partial charge in [-0.05, 0) is 23.9 Å². The van der Waals surface area contributed by atoms with E-state index in [4.69, 9.17) is 0 Å². The van der Waals surface area contributed by atoms with Gasteiger partial charge in [-0.3, -0.25) is 9.59 Å². The first kappa shape index (κ1) is 9.47. The van der Waals surface area contributed by atoms with E-state index < -0.39 is 0 Å². The van der Waals surface area contributed by atoms with Gasteiger partial charge in [0.2, 0.25) is 0 Å². The lowest BCUT2D eigenvalue weighted by atomic mass is 10.5. The fourth-order valence-electron chi connectivity index (χ4n) is 0.468. The number of Topliss-reactive ketones (excluding diaryl/α,β-unsaturated/α-hetero) is 2. The van der Waals surface area contributed by atoms with E-state index in [2.05, 4.69) is 8.80 Å². The molecule has 0 aromatic heterocycles. The summed E-state index contributed by atoms with van der Waals surface area (Å²) in [5, 5.41) is 0. The van der Waals surface area contributed by atoms with Crippen LogP contribution in [0.25, 0.3) is 0 Å². The first-order valence-electron chi connectivity index (χ1n) is 3.15. The van der Waals surface area contributed by atoms with Crippen LogP contribution in [0.2, 0.25) is 0 Å². The molecule has 2 heterocycles. The zero-order valence-corrected chi connectivity index (χ0v) is 7.73. The van der Waals surface area contributed by atoms with E-state index in [-0.39, 0.29) is 11.6 Å². The van der Waals surface area contributed by atoms with Gasteiger partial charge in [0.1, 0.15) is 0 Å². The Morgan fingerprint density at radius 2 is 1.42 bits per heavy atom. The van der Waals surface area contributed by atoms with E-state index >= 15 is 0 Å². The molecule has 0 bridgehead atoms. The van der Waals surface area contributed by atoms with Gasteiger partial charge in [0.25, 0.3) is 0 Å². The van der Waals surface area contributed by atoms with Gasteiger partial charge >= 0.3 is 0 Å². The molecule has 0 N–H and O–H groups in total. The molecule has 0 spiro atoms. The van der Waals surface area contributed by atoms with Crippen molar-refractivity contribution in [3.05, 3.63) is 0 Å². The molecule has 0 fully saturated rings. The van der Waals surface area contributed by atoms with Gasteiger partial charge < -0.3 is 0 Å². The number of ketones is 2. The largest absolute Gasteiger partial charge is 0.292 e. The topological polar surface area (TPSA) is 58.9 Å². The van der Waals surface area contributed by atoms with Crippen molar-refractivity contribution in [3.63, 3.8) is 0 Å². The number of carbonyl (C=O) groups excluding carboxylic acids is 2. The molecule has 2 aliphatic heterocycles. The molecule has 12 heavy (non-hydrogen) atoms. The lowest BCUT2D eigenvalue weighted by Gasteiger charge is -1.67. The van der Waals surface area contributed by atoms with Gasteiger partial charge in [0.15, 0.2) is 11.6 Å². The second-order valence-corrected chi connectivity index (χ2v) is 3.46. The summed E-state index contributed by atoms with van der Waals surface area (Å²) in [4.78, 5) is 20.1. The van der Waals surface area contributed by atoms with Crippen molar-refractivity contribution in [1.82, 2.24) is 0 Å². The molecule has 0 amide bonds. The van der Waals surface area contributed by atoms with Crippen molar-refractivity contribution in [3.8, 4) is 0 Å². The van der Waals surface area contributed by atoms with Crippen LogP contribution in [-0.4, -0.2) is 35.5 Å². The standard InChI is InChI=1S/2C3H3NOS/c2*5-3-1-4-6-2-3/h2*1H,2H2. The highest BCUT2D eigenvalue weighted by atomic mass is 32.2. The van der Waals surface area contributed by atoms with Crippen LogP contribution in [-0.2, 0) is 9.59 Å². The number of hydrogen-bond acceptors (Lipinski definition) is 6. The third kappa shape index (κ3) is 3.68. The van der Waals surface area contributed by atoms with Crippen LogP contribution < -0.4 is 0 Å². The average Bonchev–Trinajstić information content (AvgIpc) is 2.63. The normalized spacial score (nSPS) is 19.7. The molecular formula is C6H6N2O2S2. The van der Waals surface area contributed by atoms with Crippen molar-refractivity contribution >= 4 is 47.9 Å². The molecule has 6 heteroatoms. The maximum absolute atomic E-state index is 10.1. The van der Waals surface area contributed by atoms with Crippen molar-refractivity contribution in [2.75, 3.05) is 11.5 Å². The first-order chi connectivity index (χ1) is 5.79. The molecule has 2 rings (SSSR count). The average molecular weight is 202 g/mol. The van der Waals surface area contributed by atoms with Gasteiger partial charge in [-0.1, -0.05) is 0 Å². The fraction of sp³-hybridized carbons (Fsp3) is 0.333. The van der Waals surface area contributed by atoms with Crippen LogP contribution in [0.15, 0.2) is 8.80 Å². The summed E-state index contributed by atoms with van der Waals surface area (Å²) in [6.45, 7) is 0. The van der Waals surface area contributed by atoms with Gasteiger partial charge in [-0.2, -0.15) is 0 Å². The number of rotatable bonds is 0. The Morgan fingerprint density at radius 3 is 1.50 bits per heavy atom. The third-order valence-electron chi connectivity index (χ3n) is 0.956. The summed E-state index contributed by atoms with van der Waals surface area (Å²) < 4.78 is 7.21. The summed E-state index contributed by atoms with van der Waals surface area (Å²) in [5.41, 5.74) is 0. The highest BCUT2D eigenvalue weighted by Crippen LogP contribution is 2.05. The zero-order valence-electron chi connectivity index (χ0n) is 6.10. The molecule has 0 aromatic rings. The summed E-state index contributed by atoms with van der Waals surface area (Å²) in [6.07, 6.45) is 2.70. The van der Waals surface area contributed by atoms with Crippen molar-refractivity contribution in [2.45, 2.75) is 0 Å². The van der Waals surface area contributed by atoms with Crippen LogP contribution in [0.5, 0.6) is 0 Å². The Bertz CT molecular complexity index is 224. The summed E-state index contributed by atoms with van der Waals surface area (Å²) in [7, 11) is 0. The monoisotopic (exact) mass is 202 g/mol. The van der Waals surface area contributed by atoms with Crippen molar-refractivity contribution < 1.29 is 9.59 Å². The van der Waals surface area contributed by atoms with Gasteiger partial charge in [0.05, 0.1) is 23.9 Å². The van der Waals surface area contributed by atoms with Crippen LogP contribution in [0, 0.1) is 0 Å².